The minimum absolute atomic E-state index is 0.216. The normalized spacial score (nSPS) is 11.4. The predicted molar refractivity (Wildman–Crippen MR) is 117 cm³/mol. The second-order valence-corrected chi connectivity index (χ2v) is 7.63. The van der Waals surface area contributed by atoms with Crippen molar-refractivity contribution in [3.8, 4) is 11.3 Å². The lowest BCUT2D eigenvalue weighted by molar-refractivity contribution is 0.0747. The van der Waals surface area contributed by atoms with Gasteiger partial charge in [-0.3, -0.25) is 10.3 Å². The number of aromatic nitrogens is 2. The minimum Gasteiger partial charge on any atom is -0.444 e. The van der Waals surface area contributed by atoms with Crippen LogP contribution in [0.5, 0.6) is 0 Å². The molecule has 0 aliphatic rings. The lowest BCUT2D eigenvalue weighted by Crippen LogP contribution is -2.15. The first-order valence-corrected chi connectivity index (χ1v) is 9.69. The third kappa shape index (κ3) is 4.34. The smallest absolute Gasteiger partial charge is 0.411 e. The number of benzene rings is 2. The number of hydrogen-bond donors (Lipinski definition) is 3. The van der Waals surface area contributed by atoms with Crippen molar-refractivity contribution in [2.24, 2.45) is 0 Å². The summed E-state index contributed by atoms with van der Waals surface area (Å²) in [6.07, 6.45) is 1.22. The molecule has 4 aromatic rings. The van der Waals surface area contributed by atoms with Gasteiger partial charge < -0.3 is 14.8 Å². The highest BCUT2D eigenvalue weighted by Crippen LogP contribution is 2.31. The molecule has 0 radical (unpaired) electrons. The van der Waals surface area contributed by atoms with E-state index in [0.717, 1.165) is 33.4 Å². The van der Waals surface area contributed by atoms with Crippen LogP contribution in [0.2, 0.25) is 0 Å². The van der Waals surface area contributed by atoms with Crippen LogP contribution in [0.1, 0.15) is 25.1 Å². The Morgan fingerprint density at radius 1 is 1.10 bits per heavy atom. The largest absolute Gasteiger partial charge is 0.444 e. The molecule has 0 bridgehead atoms. The monoisotopic (exact) mass is 401 g/mol. The summed E-state index contributed by atoms with van der Waals surface area (Å²) in [5, 5.41) is 13.9. The Kier molecular flexibility index (Phi) is 5.25. The molecule has 1 amide bonds. The fraction of sp³-hybridized carbons (Fsp3) is 0.167. The van der Waals surface area contributed by atoms with E-state index >= 15 is 0 Å². The van der Waals surface area contributed by atoms with E-state index in [0.29, 0.717) is 5.69 Å². The van der Waals surface area contributed by atoms with Crippen molar-refractivity contribution in [2.45, 2.75) is 26.1 Å². The van der Waals surface area contributed by atoms with Crippen LogP contribution >= 0.6 is 0 Å². The van der Waals surface area contributed by atoms with Crippen molar-refractivity contribution in [2.75, 3.05) is 5.32 Å². The van der Waals surface area contributed by atoms with E-state index < -0.39 is 11.7 Å². The SMILES string of the molecule is CC(C)(O)c1cc2c(-c3ccc(NC(=O)OCc4ccccc4)cc3)nccc2[nH]1. The molecule has 0 saturated heterocycles. The summed E-state index contributed by atoms with van der Waals surface area (Å²) in [4.78, 5) is 19.8. The first-order chi connectivity index (χ1) is 14.4. The number of carbonyl (C=O) groups excluding carboxylic acids is 1. The molecule has 4 rings (SSSR count). The van der Waals surface area contributed by atoms with Gasteiger partial charge in [0.05, 0.1) is 11.3 Å². The molecule has 30 heavy (non-hydrogen) atoms. The van der Waals surface area contributed by atoms with Crippen LogP contribution in [0.4, 0.5) is 10.5 Å². The summed E-state index contributed by atoms with van der Waals surface area (Å²) in [6.45, 7) is 3.69. The lowest BCUT2D eigenvalue weighted by Gasteiger charge is -2.14. The minimum atomic E-state index is -0.968. The molecule has 0 aliphatic carbocycles. The van der Waals surface area contributed by atoms with Crippen LogP contribution in [0.15, 0.2) is 72.9 Å². The van der Waals surface area contributed by atoms with Crippen molar-refractivity contribution < 1.29 is 14.6 Å². The van der Waals surface area contributed by atoms with Crippen molar-refractivity contribution in [1.29, 1.82) is 0 Å². The number of aromatic amines is 1. The predicted octanol–water partition coefficient (Wildman–Crippen LogP) is 5.21. The quantitative estimate of drug-likeness (QED) is 0.429. The molecular weight excluding hydrogens is 378 g/mol. The Labute approximate surface area is 174 Å². The molecule has 2 heterocycles. The number of pyridine rings is 1. The Morgan fingerprint density at radius 2 is 1.83 bits per heavy atom. The van der Waals surface area contributed by atoms with Gasteiger partial charge in [-0.2, -0.15) is 0 Å². The van der Waals surface area contributed by atoms with E-state index in [9.17, 15) is 9.90 Å². The van der Waals surface area contributed by atoms with E-state index in [4.69, 9.17) is 4.74 Å². The first kappa shape index (κ1) is 19.7. The zero-order valence-corrected chi connectivity index (χ0v) is 16.8. The maximum Gasteiger partial charge on any atom is 0.411 e. The van der Waals surface area contributed by atoms with Crippen LogP contribution in [-0.4, -0.2) is 21.2 Å². The van der Waals surface area contributed by atoms with Gasteiger partial charge in [-0.1, -0.05) is 42.5 Å². The number of amides is 1. The van der Waals surface area contributed by atoms with E-state index in [1.807, 2.05) is 66.7 Å². The summed E-state index contributed by atoms with van der Waals surface area (Å²) < 4.78 is 5.25. The third-order valence-electron chi connectivity index (χ3n) is 4.82. The first-order valence-electron chi connectivity index (χ1n) is 9.69. The third-order valence-corrected chi connectivity index (χ3v) is 4.82. The Balaban J connectivity index is 1.48. The number of aliphatic hydroxyl groups is 1. The summed E-state index contributed by atoms with van der Waals surface area (Å²) >= 11 is 0. The average Bonchev–Trinajstić information content (AvgIpc) is 3.19. The van der Waals surface area contributed by atoms with Crippen molar-refractivity contribution in [1.82, 2.24) is 9.97 Å². The van der Waals surface area contributed by atoms with E-state index in [2.05, 4.69) is 15.3 Å². The number of H-pyrrole nitrogens is 1. The van der Waals surface area contributed by atoms with Crippen LogP contribution in [0.3, 0.4) is 0 Å². The van der Waals surface area contributed by atoms with Crippen LogP contribution < -0.4 is 5.32 Å². The molecule has 0 saturated carbocycles. The summed E-state index contributed by atoms with van der Waals surface area (Å²) in [5.41, 5.74) is 3.94. The summed E-state index contributed by atoms with van der Waals surface area (Å²) in [6, 6.07) is 20.7. The van der Waals surface area contributed by atoms with Crippen molar-refractivity contribution >= 4 is 22.7 Å². The van der Waals surface area contributed by atoms with Gasteiger partial charge in [0.1, 0.15) is 6.61 Å². The number of anilines is 1. The van der Waals surface area contributed by atoms with Crippen LogP contribution in [0, 0.1) is 0 Å². The number of fused-ring (bicyclic) bond motifs is 1. The Morgan fingerprint density at radius 3 is 2.53 bits per heavy atom. The van der Waals surface area contributed by atoms with Gasteiger partial charge in [0.25, 0.3) is 0 Å². The van der Waals surface area contributed by atoms with E-state index in [1.54, 1.807) is 20.0 Å². The Bertz CT molecular complexity index is 1160. The molecule has 0 spiro atoms. The van der Waals surface area contributed by atoms with E-state index in [1.165, 1.54) is 0 Å². The van der Waals surface area contributed by atoms with Crippen LogP contribution in [0.25, 0.3) is 22.2 Å². The standard InChI is InChI=1S/C24H23N3O3/c1-24(2,29)21-14-19-20(27-21)12-13-25-22(19)17-8-10-18(11-9-17)26-23(28)30-15-16-6-4-3-5-7-16/h3-14,27,29H,15H2,1-2H3,(H,26,28). The molecule has 0 atom stereocenters. The maximum atomic E-state index is 12.0. The molecule has 0 fully saturated rings. The molecule has 6 heteroatoms. The van der Waals surface area contributed by atoms with Gasteiger partial charge in [-0.25, -0.2) is 4.79 Å². The van der Waals surface area contributed by atoms with Gasteiger partial charge >= 0.3 is 6.09 Å². The number of nitrogens with one attached hydrogen (secondary N) is 2. The summed E-state index contributed by atoms with van der Waals surface area (Å²) in [5.74, 6) is 0. The molecule has 152 valence electrons. The average molecular weight is 401 g/mol. The number of ether oxygens (including phenoxy) is 1. The molecular formula is C24H23N3O3. The second kappa shape index (κ2) is 8.00. The second-order valence-electron chi connectivity index (χ2n) is 7.63. The molecule has 0 unspecified atom stereocenters. The van der Waals surface area contributed by atoms with Gasteiger partial charge in [-0.15, -0.1) is 0 Å². The number of hydrogen-bond acceptors (Lipinski definition) is 4. The topological polar surface area (TPSA) is 87.2 Å². The zero-order valence-electron chi connectivity index (χ0n) is 16.8. The lowest BCUT2D eigenvalue weighted by atomic mass is 10.0. The van der Waals surface area contributed by atoms with Gasteiger partial charge in [0.2, 0.25) is 0 Å². The van der Waals surface area contributed by atoms with Crippen molar-refractivity contribution in [3.63, 3.8) is 0 Å². The van der Waals surface area contributed by atoms with Crippen molar-refractivity contribution in [3.05, 3.63) is 84.2 Å². The fourth-order valence-corrected chi connectivity index (χ4v) is 3.20. The number of carbonyl (C=O) groups is 1. The molecule has 0 aliphatic heterocycles. The molecule has 6 nitrogen and oxygen atoms in total. The highest BCUT2D eigenvalue weighted by molar-refractivity contribution is 5.94. The fourth-order valence-electron chi connectivity index (χ4n) is 3.20. The summed E-state index contributed by atoms with van der Waals surface area (Å²) in [7, 11) is 0. The van der Waals surface area contributed by atoms with Gasteiger partial charge in [0, 0.05) is 34.0 Å². The number of rotatable bonds is 5. The zero-order chi connectivity index (χ0) is 21.1. The highest BCUT2D eigenvalue weighted by atomic mass is 16.5. The van der Waals surface area contributed by atoms with Gasteiger partial charge in [-0.05, 0) is 43.7 Å². The van der Waals surface area contributed by atoms with Crippen LogP contribution in [-0.2, 0) is 16.9 Å². The molecule has 2 aromatic heterocycles. The molecule has 3 N–H and O–H groups in total. The molecule has 2 aromatic carbocycles. The Hall–Kier alpha value is -3.64. The maximum absolute atomic E-state index is 12.0. The highest BCUT2D eigenvalue weighted by Gasteiger charge is 2.20. The van der Waals surface area contributed by atoms with E-state index in [-0.39, 0.29) is 6.61 Å². The number of nitrogens with zero attached hydrogens (tertiary/aromatic N) is 1. The van der Waals surface area contributed by atoms with Gasteiger partial charge in [0.15, 0.2) is 0 Å².